The fourth-order valence-corrected chi connectivity index (χ4v) is 2.00. The Labute approximate surface area is 127 Å². The molecule has 0 aliphatic rings. The van der Waals surface area contributed by atoms with Gasteiger partial charge in [0.05, 0.1) is 6.61 Å². The van der Waals surface area contributed by atoms with E-state index in [1.165, 1.54) is 0 Å². The van der Waals surface area contributed by atoms with Crippen LogP contribution in [0.5, 0.6) is 0 Å². The first-order valence-electron chi connectivity index (χ1n) is 7.41. The van der Waals surface area contributed by atoms with Crippen molar-refractivity contribution in [3.63, 3.8) is 0 Å². The maximum absolute atomic E-state index is 12.4. The van der Waals surface area contributed by atoms with E-state index < -0.39 is 0 Å². The molecule has 1 aromatic carbocycles. The standard InChI is InChI=1S/C16H27N3O2/c1-5-12(2)19(10-11-21-4)16(20)18-15-8-6-14(7-9-15)13(3)17/h6-9,12-13H,5,10-11,17H2,1-4H3,(H,18,20). The number of carbonyl (C=O) groups excluding carboxylic acids is 1. The van der Waals surface area contributed by atoms with Gasteiger partial charge in [0.25, 0.3) is 0 Å². The van der Waals surface area contributed by atoms with Gasteiger partial charge in [-0.2, -0.15) is 0 Å². The van der Waals surface area contributed by atoms with E-state index in [1.807, 2.05) is 38.1 Å². The molecule has 0 radical (unpaired) electrons. The summed E-state index contributed by atoms with van der Waals surface area (Å²) in [6, 6.07) is 7.68. The van der Waals surface area contributed by atoms with Crippen molar-refractivity contribution in [3.8, 4) is 0 Å². The molecule has 0 saturated heterocycles. The van der Waals surface area contributed by atoms with Crippen molar-refractivity contribution < 1.29 is 9.53 Å². The topological polar surface area (TPSA) is 67.6 Å². The van der Waals surface area contributed by atoms with Crippen molar-refractivity contribution in [2.75, 3.05) is 25.6 Å². The molecular formula is C16H27N3O2. The van der Waals surface area contributed by atoms with Crippen LogP contribution in [-0.2, 0) is 4.74 Å². The molecule has 5 heteroatoms. The lowest BCUT2D eigenvalue weighted by molar-refractivity contribution is 0.138. The van der Waals surface area contributed by atoms with Crippen molar-refractivity contribution in [1.29, 1.82) is 0 Å². The van der Waals surface area contributed by atoms with E-state index in [0.717, 1.165) is 17.7 Å². The van der Waals surface area contributed by atoms with Gasteiger partial charge in [-0.25, -0.2) is 4.79 Å². The van der Waals surface area contributed by atoms with Crippen LogP contribution < -0.4 is 11.1 Å². The molecule has 0 heterocycles. The summed E-state index contributed by atoms with van der Waals surface area (Å²) in [5.41, 5.74) is 7.64. The number of nitrogens with two attached hydrogens (primary N) is 1. The summed E-state index contributed by atoms with van der Waals surface area (Å²) in [7, 11) is 1.64. The van der Waals surface area contributed by atoms with Crippen molar-refractivity contribution >= 4 is 11.7 Å². The van der Waals surface area contributed by atoms with E-state index in [0.29, 0.717) is 13.2 Å². The quantitative estimate of drug-likeness (QED) is 0.812. The summed E-state index contributed by atoms with van der Waals surface area (Å²) in [5.74, 6) is 0. The van der Waals surface area contributed by atoms with Crippen molar-refractivity contribution in [1.82, 2.24) is 4.90 Å². The molecular weight excluding hydrogens is 266 g/mol. The fraction of sp³-hybridized carbons (Fsp3) is 0.562. The van der Waals surface area contributed by atoms with Crippen LogP contribution in [0.15, 0.2) is 24.3 Å². The van der Waals surface area contributed by atoms with Gasteiger partial charge in [0.15, 0.2) is 0 Å². The highest BCUT2D eigenvalue weighted by Crippen LogP contribution is 2.15. The van der Waals surface area contributed by atoms with Crippen LogP contribution >= 0.6 is 0 Å². The summed E-state index contributed by atoms with van der Waals surface area (Å²) < 4.78 is 5.07. The normalized spacial score (nSPS) is 13.6. The van der Waals surface area contributed by atoms with Gasteiger partial charge in [0.2, 0.25) is 0 Å². The van der Waals surface area contributed by atoms with E-state index in [-0.39, 0.29) is 18.1 Å². The smallest absolute Gasteiger partial charge is 0.322 e. The maximum Gasteiger partial charge on any atom is 0.322 e. The second kappa shape index (κ2) is 8.64. The Bertz CT molecular complexity index is 432. The zero-order valence-corrected chi connectivity index (χ0v) is 13.4. The second-order valence-electron chi connectivity index (χ2n) is 5.28. The first kappa shape index (κ1) is 17.5. The van der Waals surface area contributed by atoms with E-state index >= 15 is 0 Å². The number of ether oxygens (including phenoxy) is 1. The molecule has 0 fully saturated rings. The van der Waals surface area contributed by atoms with Crippen LogP contribution in [0.2, 0.25) is 0 Å². The molecule has 0 aliphatic carbocycles. The summed E-state index contributed by atoms with van der Waals surface area (Å²) in [6.45, 7) is 7.14. The largest absolute Gasteiger partial charge is 0.383 e. The van der Waals surface area contributed by atoms with Gasteiger partial charge in [-0.1, -0.05) is 19.1 Å². The summed E-state index contributed by atoms with van der Waals surface area (Å²) in [6.07, 6.45) is 0.904. The molecule has 2 unspecified atom stereocenters. The summed E-state index contributed by atoms with van der Waals surface area (Å²) in [4.78, 5) is 14.2. The Balaban J connectivity index is 2.71. The monoisotopic (exact) mass is 293 g/mol. The molecule has 0 saturated carbocycles. The zero-order valence-electron chi connectivity index (χ0n) is 13.4. The SMILES string of the molecule is CCC(C)N(CCOC)C(=O)Nc1ccc(C(C)N)cc1. The highest BCUT2D eigenvalue weighted by Gasteiger charge is 2.18. The molecule has 118 valence electrons. The summed E-state index contributed by atoms with van der Waals surface area (Å²) >= 11 is 0. The molecule has 0 aromatic heterocycles. The van der Waals surface area contributed by atoms with Crippen molar-refractivity contribution in [2.45, 2.75) is 39.3 Å². The number of carbonyl (C=O) groups is 1. The average molecular weight is 293 g/mol. The van der Waals surface area contributed by atoms with Crippen LogP contribution in [-0.4, -0.2) is 37.2 Å². The Hall–Kier alpha value is -1.59. The first-order chi connectivity index (χ1) is 9.99. The fourth-order valence-electron chi connectivity index (χ4n) is 2.00. The van der Waals surface area contributed by atoms with E-state index in [9.17, 15) is 4.79 Å². The first-order valence-corrected chi connectivity index (χ1v) is 7.41. The van der Waals surface area contributed by atoms with Gasteiger partial charge >= 0.3 is 6.03 Å². The minimum Gasteiger partial charge on any atom is -0.383 e. The van der Waals surface area contributed by atoms with Crippen LogP contribution in [0.1, 0.15) is 38.8 Å². The Morgan fingerprint density at radius 3 is 2.43 bits per heavy atom. The minimum absolute atomic E-state index is 0.00642. The number of hydrogen-bond acceptors (Lipinski definition) is 3. The van der Waals surface area contributed by atoms with Crippen LogP contribution in [0.3, 0.4) is 0 Å². The Morgan fingerprint density at radius 1 is 1.33 bits per heavy atom. The molecule has 2 amide bonds. The molecule has 0 bridgehead atoms. The van der Waals surface area contributed by atoms with Crippen LogP contribution in [0.4, 0.5) is 10.5 Å². The molecule has 0 aliphatic heterocycles. The van der Waals surface area contributed by atoms with Crippen molar-refractivity contribution in [3.05, 3.63) is 29.8 Å². The van der Waals surface area contributed by atoms with Crippen LogP contribution in [0.25, 0.3) is 0 Å². The highest BCUT2D eigenvalue weighted by atomic mass is 16.5. The maximum atomic E-state index is 12.4. The number of methoxy groups -OCH3 is 1. The second-order valence-corrected chi connectivity index (χ2v) is 5.28. The number of amides is 2. The number of nitrogens with one attached hydrogen (secondary N) is 1. The number of anilines is 1. The molecule has 1 aromatic rings. The Kier molecular flexibility index (Phi) is 7.19. The van der Waals surface area contributed by atoms with E-state index in [2.05, 4.69) is 12.2 Å². The molecule has 0 spiro atoms. The molecule has 2 atom stereocenters. The van der Waals surface area contributed by atoms with Gasteiger partial charge < -0.3 is 20.7 Å². The Morgan fingerprint density at radius 2 is 1.95 bits per heavy atom. The van der Waals surface area contributed by atoms with Gasteiger partial charge in [0.1, 0.15) is 0 Å². The van der Waals surface area contributed by atoms with Gasteiger partial charge in [0, 0.05) is 31.4 Å². The third kappa shape index (κ3) is 5.36. The highest BCUT2D eigenvalue weighted by molar-refractivity contribution is 5.89. The van der Waals surface area contributed by atoms with Crippen molar-refractivity contribution in [2.24, 2.45) is 5.73 Å². The molecule has 21 heavy (non-hydrogen) atoms. The van der Waals surface area contributed by atoms with E-state index in [1.54, 1.807) is 12.0 Å². The number of nitrogens with zero attached hydrogens (tertiary/aromatic N) is 1. The molecule has 1 rings (SSSR count). The average Bonchev–Trinajstić information content (AvgIpc) is 2.47. The number of rotatable bonds is 7. The lowest BCUT2D eigenvalue weighted by Gasteiger charge is -2.28. The van der Waals surface area contributed by atoms with Crippen LogP contribution in [0, 0.1) is 0 Å². The number of benzene rings is 1. The molecule has 3 N–H and O–H groups in total. The lowest BCUT2D eigenvalue weighted by Crippen LogP contribution is -2.43. The summed E-state index contributed by atoms with van der Waals surface area (Å²) in [5, 5.41) is 2.92. The van der Waals surface area contributed by atoms with Gasteiger partial charge in [-0.3, -0.25) is 0 Å². The predicted molar refractivity (Wildman–Crippen MR) is 86.4 cm³/mol. The molecule has 5 nitrogen and oxygen atoms in total. The number of urea groups is 1. The predicted octanol–water partition coefficient (Wildman–Crippen LogP) is 2.99. The lowest BCUT2D eigenvalue weighted by atomic mass is 10.1. The number of hydrogen-bond donors (Lipinski definition) is 2. The minimum atomic E-state index is -0.102. The van der Waals surface area contributed by atoms with Gasteiger partial charge in [-0.15, -0.1) is 0 Å². The van der Waals surface area contributed by atoms with Gasteiger partial charge in [-0.05, 0) is 38.0 Å². The van der Waals surface area contributed by atoms with E-state index in [4.69, 9.17) is 10.5 Å². The zero-order chi connectivity index (χ0) is 15.8. The third-order valence-electron chi connectivity index (χ3n) is 3.61. The third-order valence-corrected chi connectivity index (χ3v) is 3.61.